The second kappa shape index (κ2) is 6.18. The maximum absolute atomic E-state index is 9.57. The summed E-state index contributed by atoms with van der Waals surface area (Å²) in [4.78, 5) is 4.33. The van der Waals surface area contributed by atoms with E-state index in [4.69, 9.17) is 17.3 Å². The molecule has 0 atom stereocenters. The largest absolute Gasteiger partial charge is 0.508 e. The molecule has 130 valence electrons. The van der Waals surface area contributed by atoms with Crippen LogP contribution in [0, 0.1) is 20.8 Å². The standard InChI is InChI=1S/C17H18ClN5O2/c1-9-8-20-11(3)22(9)17-14(16(19)21-25)10(2)15(18)23(17)12-4-6-13(24)7-5-12/h4-8,24-25H,1-3H3,(H2,19,21). The van der Waals surface area contributed by atoms with Crippen LogP contribution >= 0.6 is 11.6 Å². The number of oxime groups is 1. The Balaban J connectivity index is 2.45. The lowest BCUT2D eigenvalue weighted by Gasteiger charge is -2.16. The molecule has 0 aliphatic carbocycles. The van der Waals surface area contributed by atoms with Gasteiger partial charge in [-0.2, -0.15) is 0 Å². The van der Waals surface area contributed by atoms with Gasteiger partial charge < -0.3 is 16.0 Å². The van der Waals surface area contributed by atoms with Gasteiger partial charge in [-0.05, 0) is 50.6 Å². The Bertz CT molecular complexity index is 951. The highest BCUT2D eigenvalue weighted by atomic mass is 35.5. The molecule has 8 heteroatoms. The third kappa shape index (κ3) is 2.62. The normalized spacial score (nSPS) is 11.9. The van der Waals surface area contributed by atoms with Gasteiger partial charge in [0.05, 0.1) is 5.56 Å². The van der Waals surface area contributed by atoms with Crippen LogP contribution in [0.25, 0.3) is 11.5 Å². The Hall–Kier alpha value is -2.93. The summed E-state index contributed by atoms with van der Waals surface area (Å²) in [6, 6.07) is 6.62. The minimum absolute atomic E-state index is 0.0422. The number of aromatic nitrogens is 3. The summed E-state index contributed by atoms with van der Waals surface area (Å²) in [5.74, 6) is 1.46. The lowest BCUT2D eigenvalue weighted by Crippen LogP contribution is -2.18. The van der Waals surface area contributed by atoms with Gasteiger partial charge in [-0.3, -0.25) is 9.13 Å². The molecule has 25 heavy (non-hydrogen) atoms. The molecule has 2 aromatic heterocycles. The summed E-state index contributed by atoms with van der Waals surface area (Å²) >= 11 is 6.59. The van der Waals surface area contributed by atoms with Crippen molar-refractivity contribution in [3.63, 3.8) is 0 Å². The van der Waals surface area contributed by atoms with Gasteiger partial charge in [0.2, 0.25) is 0 Å². The molecule has 7 nitrogen and oxygen atoms in total. The molecule has 0 aliphatic heterocycles. The first-order valence-electron chi connectivity index (χ1n) is 7.56. The summed E-state index contributed by atoms with van der Waals surface area (Å²) in [6.45, 7) is 5.58. The molecule has 0 saturated heterocycles. The second-order valence-corrected chi connectivity index (χ2v) is 6.09. The zero-order valence-corrected chi connectivity index (χ0v) is 14.8. The van der Waals surface area contributed by atoms with Crippen LogP contribution in [0.3, 0.4) is 0 Å². The van der Waals surface area contributed by atoms with E-state index in [-0.39, 0.29) is 11.6 Å². The Morgan fingerprint density at radius 3 is 2.32 bits per heavy atom. The lowest BCUT2D eigenvalue weighted by atomic mass is 10.2. The van der Waals surface area contributed by atoms with Crippen LogP contribution in [0.15, 0.2) is 35.6 Å². The SMILES string of the molecule is Cc1c(C(N)=NO)c(-n2c(C)cnc2C)n(-c2ccc(O)cc2)c1Cl. The molecule has 0 spiro atoms. The van der Waals surface area contributed by atoms with Crippen molar-refractivity contribution in [3.8, 4) is 17.3 Å². The smallest absolute Gasteiger partial charge is 0.174 e. The molecule has 0 amide bonds. The number of hydrogen-bond acceptors (Lipinski definition) is 4. The first-order chi connectivity index (χ1) is 11.9. The fourth-order valence-electron chi connectivity index (χ4n) is 2.93. The monoisotopic (exact) mass is 359 g/mol. The first kappa shape index (κ1) is 16.9. The predicted molar refractivity (Wildman–Crippen MR) is 96.3 cm³/mol. The van der Waals surface area contributed by atoms with E-state index in [1.165, 1.54) is 0 Å². The zero-order chi connectivity index (χ0) is 18.3. The van der Waals surface area contributed by atoms with Crippen molar-refractivity contribution in [3.05, 3.63) is 58.3 Å². The van der Waals surface area contributed by atoms with Crippen LogP contribution in [-0.4, -0.2) is 30.3 Å². The number of nitrogens with two attached hydrogens (primary N) is 1. The number of nitrogens with zero attached hydrogens (tertiary/aromatic N) is 4. The highest BCUT2D eigenvalue weighted by molar-refractivity contribution is 6.31. The molecule has 3 aromatic rings. The number of rotatable bonds is 3. The predicted octanol–water partition coefficient (Wildman–Crippen LogP) is 3.04. The number of aromatic hydroxyl groups is 1. The van der Waals surface area contributed by atoms with Crippen LogP contribution < -0.4 is 5.73 Å². The fraction of sp³-hybridized carbons (Fsp3) is 0.176. The van der Waals surface area contributed by atoms with Gasteiger partial charge in [-0.15, -0.1) is 0 Å². The number of phenols is 1. The van der Waals surface area contributed by atoms with Gasteiger partial charge >= 0.3 is 0 Å². The summed E-state index contributed by atoms with van der Waals surface area (Å²) in [5.41, 5.74) is 8.73. The number of phenolic OH excluding ortho intramolecular Hbond substituents is 1. The van der Waals surface area contributed by atoms with Crippen LogP contribution in [0.2, 0.25) is 5.15 Å². The zero-order valence-electron chi connectivity index (χ0n) is 14.0. The minimum atomic E-state index is -0.0422. The van der Waals surface area contributed by atoms with E-state index >= 15 is 0 Å². The Kier molecular flexibility index (Phi) is 4.18. The molecule has 4 N–H and O–H groups in total. The highest BCUT2D eigenvalue weighted by Gasteiger charge is 2.26. The maximum Gasteiger partial charge on any atom is 0.174 e. The maximum atomic E-state index is 9.57. The quantitative estimate of drug-likeness (QED) is 0.289. The number of benzene rings is 1. The van der Waals surface area contributed by atoms with Crippen LogP contribution in [-0.2, 0) is 0 Å². The van der Waals surface area contributed by atoms with Crippen molar-refractivity contribution in [1.29, 1.82) is 0 Å². The molecule has 3 rings (SSSR count). The Morgan fingerprint density at radius 1 is 1.16 bits per heavy atom. The van der Waals surface area contributed by atoms with E-state index in [9.17, 15) is 10.3 Å². The molecular formula is C17H18ClN5O2. The topological polar surface area (TPSA) is 102 Å². The van der Waals surface area contributed by atoms with Gasteiger partial charge in [-0.25, -0.2) is 4.98 Å². The van der Waals surface area contributed by atoms with Gasteiger partial charge in [-0.1, -0.05) is 16.8 Å². The van der Waals surface area contributed by atoms with Crippen molar-refractivity contribution in [2.24, 2.45) is 10.9 Å². The molecule has 0 bridgehead atoms. The Labute approximate surface area is 149 Å². The molecule has 0 saturated carbocycles. The van der Waals surface area contributed by atoms with Crippen LogP contribution in [0.4, 0.5) is 0 Å². The average Bonchev–Trinajstić information content (AvgIpc) is 3.05. The molecule has 0 aliphatic rings. The number of hydrogen-bond donors (Lipinski definition) is 3. The number of aryl methyl sites for hydroxylation is 2. The summed E-state index contributed by atoms with van der Waals surface area (Å²) in [6.07, 6.45) is 1.74. The Morgan fingerprint density at radius 2 is 1.80 bits per heavy atom. The molecule has 1 aromatic carbocycles. The van der Waals surface area contributed by atoms with Gasteiger partial charge in [0.15, 0.2) is 5.84 Å². The average molecular weight is 360 g/mol. The molecule has 0 radical (unpaired) electrons. The van der Waals surface area contributed by atoms with E-state index < -0.39 is 0 Å². The van der Waals surface area contributed by atoms with Gasteiger partial charge in [0.25, 0.3) is 0 Å². The second-order valence-electron chi connectivity index (χ2n) is 5.73. The first-order valence-corrected chi connectivity index (χ1v) is 7.94. The van der Waals surface area contributed by atoms with Crippen molar-refractivity contribution < 1.29 is 10.3 Å². The molecule has 0 fully saturated rings. The minimum Gasteiger partial charge on any atom is -0.508 e. The van der Waals surface area contributed by atoms with Crippen molar-refractivity contribution in [2.45, 2.75) is 20.8 Å². The number of halogens is 1. The van der Waals surface area contributed by atoms with Crippen molar-refractivity contribution >= 4 is 17.4 Å². The van der Waals surface area contributed by atoms with Crippen molar-refractivity contribution in [2.75, 3.05) is 0 Å². The third-order valence-electron chi connectivity index (χ3n) is 4.11. The van der Waals surface area contributed by atoms with E-state index in [2.05, 4.69) is 10.1 Å². The van der Waals surface area contributed by atoms with E-state index in [1.54, 1.807) is 42.0 Å². The van der Waals surface area contributed by atoms with E-state index in [1.807, 2.05) is 18.4 Å². The summed E-state index contributed by atoms with van der Waals surface area (Å²) < 4.78 is 3.67. The highest BCUT2D eigenvalue weighted by Crippen LogP contribution is 2.34. The van der Waals surface area contributed by atoms with Crippen molar-refractivity contribution in [1.82, 2.24) is 14.1 Å². The molecule has 0 unspecified atom stereocenters. The molecular weight excluding hydrogens is 342 g/mol. The van der Waals surface area contributed by atoms with Crippen LogP contribution in [0.1, 0.15) is 22.6 Å². The summed E-state index contributed by atoms with van der Waals surface area (Å²) in [5, 5.41) is 22.4. The lowest BCUT2D eigenvalue weighted by molar-refractivity contribution is 0.318. The van der Waals surface area contributed by atoms with Crippen LogP contribution in [0.5, 0.6) is 5.75 Å². The number of imidazole rings is 1. The number of amidine groups is 1. The third-order valence-corrected chi connectivity index (χ3v) is 4.57. The van der Waals surface area contributed by atoms with Gasteiger partial charge in [0, 0.05) is 17.6 Å². The summed E-state index contributed by atoms with van der Waals surface area (Å²) in [7, 11) is 0. The van der Waals surface area contributed by atoms with Gasteiger partial charge in [0.1, 0.15) is 22.5 Å². The van der Waals surface area contributed by atoms with E-state index in [0.29, 0.717) is 22.1 Å². The van der Waals surface area contributed by atoms with E-state index in [0.717, 1.165) is 17.2 Å². The fourth-order valence-corrected chi connectivity index (χ4v) is 3.20. The molecule has 2 heterocycles.